The average molecular weight is 542 g/mol. The van der Waals surface area contributed by atoms with E-state index < -0.39 is 16.9 Å². The molecule has 0 unspecified atom stereocenters. The molecule has 2 amide bonds. The first-order valence-electron chi connectivity index (χ1n) is 13.4. The quantitative estimate of drug-likeness (QED) is 0.451. The molecule has 4 atom stereocenters. The van der Waals surface area contributed by atoms with Gasteiger partial charge >= 0.3 is 0 Å². The largest absolute Gasteiger partial charge is 0.493 e. The molecule has 198 valence electrons. The molecule has 4 aliphatic rings. The van der Waals surface area contributed by atoms with Gasteiger partial charge in [-0.1, -0.05) is 41.9 Å². The summed E-state index contributed by atoms with van der Waals surface area (Å²) in [5.74, 6) is -1.19. The van der Waals surface area contributed by atoms with Crippen LogP contribution in [0.5, 0.6) is 5.75 Å². The lowest BCUT2D eigenvalue weighted by Crippen LogP contribution is -2.62. The molecule has 7 rings (SSSR count). The molecule has 0 aliphatic carbocycles. The molecule has 7 nitrogen and oxygen atoms in total. The molecule has 2 saturated heterocycles. The predicted octanol–water partition coefficient (Wildman–Crippen LogP) is 5.06. The number of carbonyl (C=O) groups excluding carboxylic acids is 3. The van der Waals surface area contributed by atoms with Gasteiger partial charge in [-0.15, -0.1) is 0 Å². The Morgan fingerprint density at radius 2 is 1.82 bits per heavy atom. The Kier molecular flexibility index (Phi) is 5.25. The van der Waals surface area contributed by atoms with E-state index >= 15 is 0 Å². The van der Waals surface area contributed by atoms with E-state index in [0.29, 0.717) is 58.4 Å². The fourth-order valence-electron chi connectivity index (χ4n) is 7.93. The van der Waals surface area contributed by atoms with Crippen molar-refractivity contribution in [3.05, 3.63) is 87.9 Å². The van der Waals surface area contributed by atoms with E-state index in [1.54, 1.807) is 18.2 Å². The maximum Gasteiger partial charge on any atom is 0.251 e. The summed E-state index contributed by atoms with van der Waals surface area (Å²) in [6.07, 6.45) is 1.50. The van der Waals surface area contributed by atoms with Crippen LogP contribution < -0.4 is 15.4 Å². The minimum Gasteiger partial charge on any atom is -0.493 e. The van der Waals surface area contributed by atoms with Gasteiger partial charge in [0.1, 0.15) is 16.7 Å². The zero-order chi connectivity index (χ0) is 27.1. The van der Waals surface area contributed by atoms with Crippen molar-refractivity contribution in [2.75, 3.05) is 23.8 Å². The molecule has 0 aromatic heterocycles. The fraction of sp³-hybridized carbons (Fsp3) is 0.323. The number of hydrogen-bond acceptors (Lipinski definition) is 5. The topological polar surface area (TPSA) is 87.7 Å². The zero-order valence-electron chi connectivity index (χ0n) is 21.7. The van der Waals surface area contributed by atoms with Crippen molar-refractivity contribution < 1.29 is 19.1 Å². The maximum atomic E-state index is 14.8. The van der Waals surface area contributed by atoms with Crippen LogP contribution >= 0.6 is 11.6 Å². The molecule has 39 heavy (non-hydrogen) atoms. The number of nitrogens with one attached hydrogen (secondary N) is 2. The highest BCUT2D eigenvalue weighted by Gasteiger charge is 2.81. The second-order valence-corrected chi connectivity index (χ2v) is 11.2. The Balaban J connectivity index is 1.59. The molecule has 2 spiro atoms. The van der Waals surface area contributed by atoms with E-state index in [1.807, 2.05) is 56.3 Å². The third-order valence-corrected chi connectivity index (χ3v) is 9.32. The number of amides is 2. The molecule has 3 aromatic rings. The normalized spacial score (nSPS) is 28.4. The van der Waals surface area contributed by atoms with Gasteiger partial charge in [0.2, 0.25) is 5.91 Å². The Hall–Kier alpha value is -3.68. The minimum atomic E-state index is -1.52. The number of para-hydroxylation sites is 2. The lowest BCUT2D eigenvalue weighted by Gasteiger charge is -2.43. The summed E-state index contributed by atoms with van der Waals surface area (Å²) in [4.78, 5) is 46.1. The maximum absolute atomic E-state index is 14.8. The van der Waals surface area contributed by atoms with Crippen molar-refractivity contribution >= 4 is 40.6 Å². The smallest absolute Gasteiger partial charge is 0.251 e. The van der Waals surface area contributed by atoms with E-state index in [-0.39, 0.29) is 23.6 Å². The SMILES string of the molecule is CCOc1ccccc1C(=O)[C@@H]1[C@@H]2CCCN2[C@]2(C(=O)Nc3c(C)cc(Cl)cc32)[C@]12C(=O)Nc1ccccc12. The first-order chi connectivity index (χ1) is 18.9. The van der Waals surface area contributed by atoms with E-state index in [4.69, 9.17) is 16.3 Å². The second kappa shape index (κ2) is 8.41. The summed E-state index contributed by atoms with van der Waals surface area (Å²) in [6, 6.07) is 17.9. The Morgan fingerprint density at radius 3 is 2.64 bits per heavy atom. The summed E-state index contributed by atoms with van der Waals surface area (Å²) in [6.45, 7) is 4.75. The van der Waals surface area contributed by atoms with Crippen LogP contribution in [0.25, 0.3) is 0 Å². The summed E-state index contributed by atoms with van der Waals surface area (Å²) in [7, 11) is 0. The summed E-state index contributed by atoms with van der Waals surface area (Å²) in [5, 5.41) is 6.66. The third-order valence-electron chi connectivity index (χ3n) is 9.10. The van der Waals surface area contributed by atoms with Crippen LogP contribution in [-0.2, 0) is 20.5 Å². The third kappa shape index (κ3) is 2.84. The van der Waals surface area contributed by atoms with Crippen LogP contribution in [0.2, 0.25) is 5.02 Å². The summed E-state index contributed by atoms with van der Waals surface area (Å²) < 4.78 is 5.87. The Morgan fingerprint density at radius 1 is 1.05 bits per heavy atom. The first kappa shape index (κ1) is 24.4. The highest BCUT2D eigenvalue weighted by atomic mass is 35.5. The van der Waals surface area contributed by atoms with E-state index in [0.717, 1.165) is 12.0 Å². The molecule has 4 aliphatic heterocycles. The van der Waals surface area contributed by atoms with Gasteiger partial charge in [-0.2, -0.15) is 0 Å². The number of rotatable bonds is 4. The number of ether oxygens (including phenoxy) is 1. The molecule has 4 heterocycles. The molecule has 0 radical (unpaired) electrons. The van der Waals surface area contributed by atoms with Crippen molar-refractivity contribution in [1.29, 1.82) is 0 Å². The van der Waals surface area contributed by atoms with E-state index in [2.05, 4.69) is 15.5 Å². The van der Waals surface area contributed by atoms with Gasteiger partial charge in [-0.25, -0.2) is 0 Å². The Labute approximate surface area is 231 Å². The lowest BCUT2D eigenvalue weighted by molar-refractivity contribution is -0.137. The second-order valence-electron chi connectivity index (χ2n) is 10.8. The molecule has 2 fully saturated rings. The number of carbonyl (C=O) groups is 3. The molecule has 0 bridgehead atoms. The molecular weight excluding hydrogens is 514 g/mol. The molecule has 3 aromatic carbocycles. The van der Waals surface area contributed by atoms with Crippen LogP contribution in [-0.4, -0.2) is 41.7 Å². The number of nitrogens with zero attached hydrogens (tertiary/aromatic N) is 1. The number of ketones is 1. The summed E-state index contributed by atoms with van der Waals surface area (Å²) in [5.41, 5.74) is 0.881. The van der Waals surface area contributed by atoms with Crippen LogP contribution in [0, 0.1) is 12.8 Å². The van der Waals surface area contributed by atoms with Crippen molar-refractivity contribution in [3.8, 4) is 5.75 Å². The highest BCUT2D eigenvalue weighted by molar-refractivity contribution is 6.31. The average Bonchev–Trinajstić information content (AvgIpc) is 3.64. The van der Waals surface area contributed by atoms with E-state index in [1.165, 1.54) is 0 Å². The van der Waals surface area contributed by atoms with Crippen LogP contribution in [0.3, 0.4) is 0 Å². The van der Waals surface area contributed by atoms with Gasteiger partial charge in [0.05, 0.1) is 18.1 Å². The zero-order valence-corrected chi connectivity index (χ0v) is 22.5. The van der Waals surface area contributed by atoms with Crippen molar-refractivity contribution in [3.63, 3.8) is 0 Å². The number of fused-ring (bicyclic) bond motifs is 7. The number of halogens is 1. The summed E-state index contributed by atoms with van der Waals surface area (Å²) >= 11 is 6.62. The Bertz CT molecular complexity index is 1590. The van der Waals surface area contributed by atoms with Gasteiger partial charge < -0.3 is 15.4 Å². The molecule has 8 heteroatoms. The fourth-order valence-corrected chi connectivity index (χ4v) is 8.20. The highest BCUT2D eigenvalue weighted by Crippen LogP contribution is 2.68. The number of hydrogen-bond donors (Lipinski definition) is 2. The van der Waals surface area contributed by atoms with E-state index in [9.17, 15) is 14.4 Å². The van der Waals surface area contributed by atoms with Crippen molar-refractivity contribution in [2.45, 2.75) is 43.7 Å². The van der Waals surface area contributed by atoms with Gasteiger partial charge in [0.25, 0.3) is 5.91 Å². The molecule has 0 saturated carbocycles. The first-order valence-corrected chi connectivity index (χ1v) is 13.8. The van der Waals surface area contributed by atoms with Crippen LogP contribution in [0.4, 0.5) is 11.4 Å². The van der Waals surface area contributed by atoms with Gasteiger partial charge in [0, 0.05) is 28.0 Å². The van der Waals surface area contributed by atoms with Crippen LogP contribution in [0.15, 0.2) is 60.7 Å². The molecular formula is C31H28ClN3O4. The number of benzene rings is 3. The standard InChI is InChI=1S/C31H28ClN3O4/c1-3-39-24-13-7-4-9-19(24)27(36)25-23-12-8-14-35(23)31(21-16-18(32)15-17(2)26(21)34-29(31)38)30(25)20-10-5-6-11-22(20)33-28(30)37/h4-7,9-11,13,15-16,23,25H,3,8,12,14H2,1-2H3,(H,33,37)(H,34,38)/t23-,25-,30-,31+/m0/s1. The van der Waals surface area contributed by atoms with Gasteiger partial charge in [-0.05, 0) is 74.7 Å². The van der Waals surface area contributed by atoms with Crippen LogP contribution in [0.1, 0.15) is 46.8 Å². The minimum absolute atomic E-state index is 0.195. The predicted molar refractivity (Wildman–Crippen MR) is 148 cm³/mol. The molecule has 2 N–H and O–H groups in total. The number of anilines is 2. The van der Waals surface area contributed by atoms with Crippen molar-refractivity contribution in [1.82, 2.24) is 4.90 Å². The lowest BCUT2D eigenvalue weighted by atomic mass is 9.57. The van der Waals surface area contributed by atoms with Gasteiger partial charge in [0.15, 0.2) is 5.78 Å². The van der Waals surface area contributed by atoms with Crippen molar-refractivity contribution in [2.24, 2.45) is 5.92 Å². The number of aryl methyl sites for hydroxylation is 1. The van der Waals surface area contributed by atoms with Gasteiger partial charge in [-0.3, -0.25) is 19.3 Å². The monoisotopic (exact) mass is 541 g/mol. The number of Topliss-reactive ketones (excluding diaryl/α,β-unsaturated/α-hetero) is 1.